The van der Waals surface area contributed by atoms with E-state index >= 15 is 0 Å². The quantitative estimate of drug-likeness (QED) is 0.855. The van der Waals surface area contributed by atoms with Crippen molar-refractivity contribution in [3.05, 3.63) is 22.4 Å². The number of carbonyl (C=O) groups excluding carboxylic acids is 1. The molecule has 1 aromatic heterocycles. The van der Waals surface area contributed by atoms with E-state index in [0.717, 1.165) is 6.54 Å². The van der Waals surface area contributed by atoms with Gasteiger partial charge < -0.3 is 5.32 Å². The van der Waals surface area contributed by atoms with Crippen LogP contribution in [0, 0.1) is 5.92 Å². The summed E-state index contributed by atoms with van der Waals surface area (Å²) in [5, 5.41) is 6.73. The molecule has 0 aromatic carbocycles. The summed E-state index contributed by atoms with van der Waals surface area (Å²) >= 11 is 1.64. The highest BCUT2D eigenvalue weighted by molar-refractivity contribution is 7.88. The lowest BCUT2D eigenvalue weighted by Crippen LogP contribution is -2.41. The number of amides is 1. The molecule has 21 heavy (non-hydrogen) atoms. The summed E-state index contributed by atoms with van der Waals surface area (Å²) in [6, 6.07) is 2.05. The summed E-state index contributed by atoms with van der Waals surface area (Å²) in [6.07, 6.45) is 1.20. The van der Waals surface area contributed by atoms with Gasteiger partial charge in [0.1, 0.15) is 0 Å². The lowest BCUT2D eigenvalue weighted by Gasteiger charge is -2.22. The van der Waals surface area contributed by atoms with Crippen molar-refractivity contribution in [3.8, 4) is 0 Å². The first-order chi connectivity index (χ1) is 9.90. The van der Waals surface area contributed by atoms with Crippen molar-refractivity contribution in [2.75, 3.05) is 39.5 Å². The Morgan fingerprint density at radius 3 is 2.76 bits per heavy atom. The summed E-state index contributed by atoms with van der Waals surface area (Å²) in [4.78, 5) is 14.1. The Bertz CT molecular complexity index is 571. The average molecular weight is 331 g/mol. The van der Waals surface area contributed by atoms with Crippen LogP contribution in [0.15, 0.2) is 16.8 Å². The molecule has 118 valence electrons. The Hall–Kier alpha value is -0.960. The summed E-state index contributed by atoms with van der Waals surface area (Å²) in [7, 11) is -1.70. The van der Waals surface area contributed by atoms with Gasteiger partial charge in [-0.25, -0.2) is 12.7 Å². The number of thiophene rings is 1. The predicted octanol–water partition coefficient (Wildman–Crippen LogP) is 0.188. The molecule has 0 aliphatic carbocycles. The summed E-state index contributed by atoms with van der Waals surface area (Å²) in [6.45, 7) is 2.63. The lowest BCUT2D eigenvalue weighted by molar-refractivity contribution is -0.125. The standard InChI is InChI=1S/C13H21N3O3S2/c1-14-13(17)12-8-15(7-11-3-6-20-10-11)4-5-16(9-12)21(2,18)19/h3,6,10,12H,4-5,7-9H2,1-2H3,(H,14,17)/t12-/m1/s1. The fraction of sp³-hybridized carbons (Fsp3) is 0.615. The van der Waals surface area contributed by atoms with Crippen molar-refractivity contribution in [3.63, 3.8) is 0 Å². The van der Waals surface area contributed by atoms with Crippen molar-refractivity contribution >= 4 is 27.3 Å². The molecule has 1 atom stereocenters. The first kappa shape index (κ1) is 16.4. The van der Waals surface area contributed by atoms with Gasteiger partial charge in [0.15, 0.2) is 0 Å². The summed E-state index contributed by atoms with van der Waals surface area (Å²) < 4.78 is 25.0. The Balaban J connectivity index is 2.13. The molecule has 1 aliphatic rings. The van der Waals surface area contributed by atoms with Crippen molar-refractivity contribution in [2.24, 2.45) is 5.92 Å². The second-order valence-electron chi connectivity index (χ2n) is 5.30. The largest absolute Gasteiger partial charge is 0.359 e. The van der Waals surface area contributed by atoms with Crippen LogP contribution in [0.2, 0.25) is 0 Å². The van der Waals surface area contributed by atoms with Crippen molar-refractivity contribution in [1.82, 2.24) is 14.5 Å². The molecule has 0 unspecified atom stereocenters. The fourth-order valence-electron chi connectivity index (χ4n) is 2.51. The first-order valence-corrected chi connectivity index (χ1v) is 9.59. The van der Waals surface area contributed by atoms with Gasteiger partial charge in [-0.05, 0) is 22.4 Å². The van der Waals surface area contributed by atoms with E-state index in [-0.39, 0.29) is 18.4 Å². The molecule has 1 N–H and O–H groups in total. The highest BCUT2D eigenvalue weighted by atomic mass is 32.2. The van der Waals surface area contributed by atoms with Gasteiger partial charge in [-0.15, -0.1) is 0 Å². The van der Waals surface area contributed by atoms with E-state index in [9.17, 15) is 13.2 Å². The Kier molecular flexibility index (Phi) is 5.37. The van der Waals surface area contributed by atoms with Crippen LogP contribution in [0.5, 0.6) is 0 Å². The Morgan fingerprint density at radius 1 is 1.43 bits per heavy atom. The molecule has 2 heterocycles. The second-order valence-corrected chi connectivity index (χ2v) is 8.06. The molecule has 0 spiro atoms. The third-order valence-corrected chi connectivity index (χ3v) is 5.64. The highest BCUT2D eigenvalue weighted by Crippen LogP contribution is 2.16. The molecule has 8 heteroatoms. The number of hydrogen-bond donors (Lipinski definition) is 1. The van der Waals surface area contributed by atoms with Gasteiger partial charge in [0.05, 0.1) is 12.2 Å². The molecule has 2 rings (SSSR count). The van der Waals surface area contributed by atoms with E-state index in [1.807, 2.05) is 5.38 Å². The fourth-order valence-corrected chi connectivity index (χ4v) is 4.03. The van der Waals surface area contributed by atoms with E-state index in [1.54, 1.807) is 18.4 Å². The number of sulfonamides is 1. The maximum Gasteiger partial charge on any atom is 0.225 e. The zero-order valence-corrected chi connectivity index (χ0v) is 13.9. The Labute approximate surface area is 129 Å². The van der Waals surface area contributed by atoms with Crippen molar-refractivity contribution in [1.29, 1.82) is 0 Å². The molecular weight excluding hydrogens is 310 g/mol. The van der Waals surface area contributed by atoms with E-state index in [0.29, 0.717) is 19.6 Å². The number of nitrogens with zero attached hydrogens (tertiary/aromatic N) is 2. The molecule has 1 saturated heterocycles. The molecule has 0 radical (unpaired) electrons. The zero-order valence-electron chi connectivity index (χ0n) is 12.3. The predicted molar refractivity (Wildman–Crippen MR) is 83.6 cm³/mol. The number of hydrogen-bond acceptors (Lipinski definition) is 5. The van der Waals surface area contributed by atoms with Gasteiger partial charge in [-0.2, -0.15) is 11.3 Å². The molecule has 1 amide bonds. The van der Waals surface area contributed by atoms with E-state index < -0.39 is 10.0 Å². The van der Waals surface area contributed by atoms with Gasteiger partial charge in [0, 0.05) is 39.8 Å². The number of rotatable bonds is 4. The monoisotopic (exact) mass is 331 g/mol. The number of carbonyl (C=O) groups is 1. The van der Waals surface area contributed by atoms with Crippen molar-refractivity contribution in [2.45, 2.75) is 6.54 Å². The van der Waals surface area contributed by atoms with Gasteiger partial charge in [-0.3, -0.25) is 9.69 Å². The lowest BCUT2D eigenvalue weighted by atomic mass is 10.1. The topological polar surface area (TPSA) is 69.7 Å². The average Bonchev–Trinajstić information content (AvgIpc) is 2.82. The number of nitrogens with one attached hydrogen (secondary N) is 1. The first-order valence-electron chi connectivity index (χ1n) is 6.80. The minimum Gasteiger partial charge on any atom is -0.359 e. The minimum atomic E-state index is -3.28. The van der Waals surface area contributed by atoms with Crippen LogP contribution in [-0.2, 0) is 21.4 Å². The summed E-state index contributed by atoms with van der Waals surface area (Å²) in [5.74, 6) is -0.452. The third kappa shape index (κ3) is 4.50. The van der Waals surface area contributed by atoms with Gasteiger partial charge in [-0.1, -0.05) is 0 Å². The van der Waals surface area contributed by atoms with Gasteiger partial charge in [0.25, 0.3) is 0 Å². The van der Waals surface area contributed by atoms with Gasteiger partial charge in [0.2, 0.25) is 15.9 Å². The molecule has 6 nitrogen and oxygen atoms in total. The molecule has 0 saturated carbocycles. The molecule has 1 fully saturated rings. The van der Waals surface area contributed by atoms with Crippen molar-refractivity contribution < 1.29 is 13.2 Å². The molecular formula is C13H21N3O3S2. The van der Waals surface area contributed by atoms with E-state index in [4.69, 9.17) is 0 Å². The maximum absolute atomic E-state index is 12.0. The minimum absolute atomic E-state index is 0.110. The van der Waals surface area contributed by atoms with Crippen LogP contribution in [0.4, 0.5) is 0 Å². The molecule has 1 aromatic rings. The normalized spacial score (nSPS) is 21.9. The smallest absolute Gasteiger partial charge is 0.225 e. The van der Waals surface area contributed by atoms with Crippen LogP contribution in [0.3, 0.4) is 0 Å². The SMILES string of the molecule is CNC(=O)[C@@H]1CN(Cc2ccsc2)CCN(S(C)(=O)=O)C1. The van der Waals surface area contributed by atoms with E-state index in [1.165, 1.54) is 16.1 Å². The second kappa shape index (κ2) is 6.87. The van der Waals surface area contributed by atoms with Crippen LogP contribution in [-0.4, -0.2) is 63.0 Å². The molecule has 0 bridgehead atoms. The third-order valence-electron chi connectivity index (χ3n) is 3.64. The van der Waals surface area contributed by atoms with E-state index in [2.05, 4.69) is 21.7 Å². The zero-order chi connectivity index (χ0) is 15.5. The van der Waals surface area contributed by atoms with Crippen LogP contribution >= 0.6 is 11.3 Å². The maximum atomic E-state index is 12.0. The summed E-state index contributed by atoms with van der Waals surface area (Å²) in [5.41, 5.74) is 1.20. The van der Waals surface area contributed by atoms with Crippen LogP contribution in [0.25, 0.3) is 0 Å². The van der Waals surface area contributed by atoms with Crippen LogP contribution < -0.4 is 5.32 Å². The molecule has 1 aliphatic heterocycles. The highest BCUT2D eigenvalue weighted by Gasteiger charge is 2.31. The Morgan fingerprint density at radius 2 is 2.19 bits per heavy atom. The van der Waals surface area contributed by atoms with Crippen LogP contribution in [0.1, 0.15) is 5.56 Å². The van der Waals surface area contributed by atoms with Gasteiger partial charge >= 0.3 is 0 Å².